The summed E-state index contributed by atoms with van der Waals surface area (Å²) in [7, 11) is 1.58. The molecule has 1 N–H and O–H groups in total. The third-order valence-corrected chi connectivity index (χ3v) is 7.16. The van der Waals surface area contributed by atoms with Crippen molar-refractivity contribution in [3.8, 4) is 11.8 Å². The summed E-state index contributed by atoms with van der Waals surface area (Å²) in [4.78, 5) is 4.61. The number of aliphatic hydroxyl groups excluding tert-OH is 1. The van der Waals surface area contributed by atoms with Crippen molar-refractivity contribution < 1.29 is 19.0 Å². The van der Waals surface area contributed by atoms with Gasteiger partial charge in [0.1, 0.15) is 29.9 Å². The number of nitriles is 1. The number of benzene rings is 2. The lowest BCUT2D eigenvalue weighted by molar-refractivity contribution is 0.172. The van der Waals surface area contributed by atoms with Crippen LogP contribution in [0, 0.1) is 23.1 Å². The van der Waals surface area contributed by atoms with Crippen molar-refractivity contribution in [1.29, 1.82) is 5.26 Å². The zero-order chi connectivity index (χ0) is 25.7. The van der Waals surface area contributed by atoms with E-state index in [1.807, 2.05) is 18.2 Å². The Balaban J connectivity index is 1.49. The molecule has 0 amide bonds. The minimum absolute atomic E-state index is 0.174. The minimum atomic E-state index is -1.01. The Morgan fingerprint density at radius 2 is 2.05 bits per heavy atom. The highest BCUT2D eigenvalue weighted by Gasteiger charge is 2.33. The van der Waals surface area contributed by atoms with Crippen molar-refractivity contribution >= 4 is 22.8 Å². The number of allylic oxidation sites excluding steroid dienone is 1. The van der Waals surface area contributed by atoms with Crippen LogP contribution < -0.4 is 4.74 Å². The van der Waals surface area contributed by atoms with Crippen LogP contribution in [0.3, 0.4) is 0 Å². The number of aliphatic hydroxyl groups is 1. The Hall–Kier alpha value is -3.70. The van der Waals surface area contributed by atoms with Gasteiger partial charge in [-0.25, -0.2) is 9.37 Å². The van der Waals surface area contributed by atoms with E-state index in [1.165, 1.54) is 12.1 Å². The van der Waals surface area contributed by atoms with E-state index in [0.29, 0.717) is 44.5 Å². The summed E-state index contributed by atoms with van der Waals surface area (Å²) in [5, 5.41) is 22.2. The van der Waals surface area contributed by atoms with Crippen molar-refractivity contribution in [1.82, 2.24) is 9.38 Å². The molecule has 8 heteroatoms. The average Bonchev–Trinajstić information content (AvgIpc) is 3.68. The van der Waals surface area contributed by atoms with Gasteiger partial charge >= 0.3 is 0 Å². The largest absolute Gasteiger partial charge is 0.488 e. The van der Waals surface area contributed by atoms with Gasteiger partial charge in [0.15, 0.2) is 0 Å². The molecule has 1 fully saturated rings. The lowest BCUT2D eigenvalue weighted by Gasteiger charge is -2.17. The van der Waals surface area contributed by atoms with Crippen LogP contribution >= 0.6 is 11.6 Å². The van der Waals surface area contributed by atoms with Gasteiger partial charge in [-0.3, -0.25) is 0 Å². The summed E-state index contributed by atoms with van der Waals surface area (Å²) >= 11 is 6.16. The first-order valence-electron chi connectivity index (χ1n) is 12.0. The van der Waals surface area contributed by atoms with Crippen molar-refractivity contribution in [2.45, 2.75) is 32.2 Å². The topological polar surface area (TPSA) is 79.8 Å². The number of methoxy groups -OCH3 is 1. The van der Waals surface area contributed by atoms with Crippen LogP contribution in [0.2, 0.25) is 5.02 Å². The second-order valence-corrected chi connectivity index (χ2v) is 9.81. The highest BCUT2D eigenvalue weighted by molar-refractivity contribution is 6.30. The van der Waals surface area contributed by atoms with Crippen molar-refractivity contribution in [2.24, 2.45) is 5.92 Å². The molecule has 0 spiro atoms. The maximum atomic E-state index is 14.1. The van der Waals surface area contributed by atoms with E-state index in [-0.39, 0.29) is 19.1 Å². The third kappa shape index (κ3) is 4.17. The van der Waals surface area contributed by atoms with Gasteiger partial charge in [-0.15, -0.1) is 0 Å². The first-order chi connectivity index (χ1) is 18.0. The normalized spacial score (nSPS) is 16.8. The molecule has 0 bridgehead atoms. The van der Waals surface area contributed by atoms with E-state index in [1.54, 1.807) is 35.9 Å². The lowest BCUT2D eigenvalue weighted by Crippen LogP contribution is -2.09. The second-order valence-electron chi connectivity index (χ2n) is 9.37. The van der Waals surface area contributed by atoms with E-state index in [4.69, 9.17) is 21.1 Å². The quantitative estimate of drug-likeness (QED) is 0.331. The summed E-state index contributed by atoms with van der Waals surface area (Å²) in [5.74, 6) is 0.196. The molecule has 1 atom stereocenters. The predicted molar refractivity (Wildman–Crippen MR) is 137 cm³/mol. The number of nitrogens with zero attached hydrogens (tertiary/aromatic N) is 3. The standard InChI is InChI=1S/C29H23ClFN3O3/c1-36-15-24-28(34-9-8-19(30)11-26(34)33-24)29(35)17-4-6-21-18(10-17)14-37-25-12-20(31)5-7-22(25)27(21)23(13-32)16-2-3-16/h4-12,16,29,35H,2-3,14-15H2,1H3/b27-23-. The zero-order valence-corrected chi connectivity index (χ0v) is 20.8. The van der Waals surface area contributed by atoms with Crippen molar-refractivity contribution in [3.05, 3.63) is 105 Å². The summed E-state index contributed by atoms with van der Waals surface area (Å²) in [6, 6.07) is 16.0. The third-order valence-electron chi connectivity index (χ3n) is 6.93. The van der Waals surface area contributed by atoms with Crippen LogP contribution in [0.25, 0.3) is 11.2 Å². The molecule has 4 aromatic rings. The molecule has 2 aromatic carbocycles. The number of halogens is 2. The first kappa shape index (κ1) is 23.7. The molecular weight excluding hydrogens is 493 g/mol. The van der Waals surface area contributed by atoms with Gasteiger partial charge in [-0.1, -0.05) is 23.7 Å². The lowest BCUT2D eigenvalue weighted by atomic mass is 9.87. The van der Waals surface area contributed by atoms with Crippen molar-refractivity contribution in [3.63, 3.8) is 0 Å². The number of aromatic nitrogens is 2. The number of hydrogen-bond donors (Lipinski definition) is 1. The molecule has 2 aliphatic rings. The highest BCUT2D eigenvalue weighted by Crippen LogP contribution is 2.46. The maximum Gasteiger partial charge on any atom is 0.138 e. The Labute approximate surface area is 218 Å². The fourth-order valence-corrected chi connectivity index (χ4v) is 5.22. The molecule has 1 aliphatic carbocycles. The first-order valence-corrected chi connectivity index (χ1v) is 12.4. The van der Waals surface area contributed by atoms with Crippen molar-refractivity contribution in [2.75, 3.05) is 7.11 Å². The van der Waals surface area contributed by atoms with Crippen LogP contribution in [0.15, 0.2) is 60.3 Å². The Morgan fingerprint density at radius 3 is 2.81 bits per heavy atom. The van der Waals surface area contributed by atoms with Gasteiger partial charge in [0.05, 0.1) is 24.1 Å². The summed E-state index contributed by atoms with van der Waals surface area (Å²) in [5.41, 5.74) is 6.26. The average molecular weight is 516 g/mol. The number of pyridine rings is 1. The van der Waals surface area contributed by atoms with E-state index in [9.17, 15) is 14.8 Å². The van der Waals surface area contributed by atoms with E-state index in [2.05, 4.69) is 11.1 Å². The van der Waals surface area contributed by atoms with E-state index in [0.717, 1.165) is 29.5 Å². The molecular formula is C29H23ClFN3O3. The van der Waals surface area contributed by atoms with Crippen LogP contribution in [0.1, 0.15) is 52.6 Å². The molecule has 1 aliphatic heterocycles. The van der Waals surface area contributed by atoms with Gasteiger partial charge in [0.25, 0.3) is 0 Å². The second kappa shape index (κ2) is 9.31. The SMILES string of the molecule is COCc1nc2cc(Cl)ccn2c1C(O)c1ccc2c(c1)COc1cc(F)ccc1/C2=C(/C#N)C1CC1. The Morgan fingerprint density at radius 1 is 1.24 bits per heavy atom. The molecule has 6 nitrogen and oxygen atoms in total. The minimum Gasteiger partial charge on any atom is -0.488 e. The molecule has 1 saturated carbocycles. The van der Waals surface area contributed by atoms with Gasteiger partial charge in [0.2, 0.25) is 0 Å². The Bertz CT molecular complexity index is 1620. The number of rotatable bonds is 5. The molecule has 3 heterocycles. The molecule has 37 heavy (non-hydrogen) atoms. The van der Waals surface area contributed by atoms with Crippen LogP contribution in [-0.2, 0) is 18.0 Å². The molecule has 6 rings (SSSR count). The molecule has 2 aromatic heterocycles. The predicted octanol–water partition coefficient (Wildman–Crippen LogP) is 5.98. The van der Waals surface area contributed by atoms with Crippen LogP contribution in [-0.4, -0.2) is 21.6 Å². The maximum absolute atomic E-state index is 14.1. The zero-order valence-electron chi connectivity index (χ0n) is 20.0. The van der Waals surface area contributed by atoms with Gasteiger partial charge in [-0.2, -0.15) is 5.26 Å². The van der Waals surface area contributed by atoms with E-state index >= 15 is 0 Å². The van der Waals surface area contributed by atoms with Gasteiger partial charge < -0.3 is 19.0 Å². The molecule has 0 radical (unpaired) electrons. The number of ether oxygens (including phenoxy) is 2. The monoisotopic (exact) mass is 515 g/mol. The fourth-order valence-electron chi connectivity index (χ4n) is 5.06. The Kier molecular flexibility index (Phi) is 5.96. The van der Waals surface area contributed by atoms with Gasteiger partial charge in [-0.05, 0) is 59.7 Å². The smallest absolute Gasteiger partial charge is 0.138 e. The van der Waals surface area contributed by atoms with Crippen LogP contribution in [0.4, 0.5) is 4.39 Å². The summed E-state index contributed by atoms with van der Waals surface area (Å²) < 4.78 is 27.3. The number of hydrogen-bond acceptors (Lipinski definition) is 5. The van der Waals surface area contributed by atoms with Gasteiger partial charge in [0, 0.05) is 47.2 Å². The number of imidazole rings is 1. The van der Waals surface area contributed by atoms with Crippen LogP contribution in [0.5, 0.6) is 5.75 Å². The summed E-state index contributed by atoms with van der Waals surface area (Å²) in [6.45, 7) is 0.396. The summed E-state index contributed by atoms with van der Waals surface area (Å²) in [6.07, 6.45) is 2.67. The van der Waals surface area contributed by atoms with E-state index < -0.39 is 11.9 Å². The number of fused-ring (bicyclic) bond motifs is 3. The highest BCUT2D eigenvalue weighted by atomic mass is 35.5. The fraction of sp³-hybridized carbons (Fsp3) is 0.241. The molecule has 186 valence electrons. The molecule has 1 unspecified atom stereocenters. The molecule has 0 saturated heterocycles.